The molecule has 0 aliphatic heterocycles. The van der Waals surface area contributed by atoms with Crippen molar-refractivity contribution in [2.45, 2.75) is 58.5 Å². The zero-order valence-electron chi connectivity index (χ0n) is 10.7. The molecule has 0 saturated heterocycles. The summed E-state index contributed by atoms with van der Waals surface area (Å²) in [4.78, 5) is 0. The molecular weight excluding hydrogens is 190 g/mol. The maximum Gasteiger partial charge on any atom is 0.0668 e. The first-order valence-electron chi connectivity index (χ1n) is 6.00. The lowest BCUT2D eigenvalue weighted by atomic mass is 10.0. The van der Waals surface area contributed by atoms with Crippen LogP contribution in [0.4, 0.5) is 0 Å². The van der Waals surface area contributed by atoms with Crippen molar-refractivity contribution in [1.82, 2.24) is 5.32 Å². The first-order valence-corrected chi connectivity index (χ1v) is 6.00. The number of unbranched alkanes of at least 4 members (excludes halogenated alkanes) is 2. The average Bonchev–Trinajstić information content (AvgIpc) is 2.16. The van der Waals surface area contributed by atoms with E-state index < -0.39 is 0 Å². The summed E-state index contributed by atoms with van der Waals surface area (Å²) >= 11 is 0. The molecule has 1 unspecified atom stereocenters. The molecule has 3 heteroatoms. The van der Waals surface area contributed by atoms with Gasteiger partial charge in [0.15, 0.2) is 0 Å². The van der Waals surface area contributed by atoms with Gasteiger partial charge in [0.1, 0.15) is 0 Å². The minimum atomic E-state index is -0.305. The predicted octanol–water partition coefficient (Wildman–Crippen LogP) is 1.94. The van der Waals surface area contributed by atoms with Crippen LogP contribution in [-0.2, 0) is 4.74 Å². The lowest BCUT2D eigenvalue weighted by Crippen LogP contribution is -2.52. The van der Waals surface area contributed by atoms with Gasteiger partial charge in [0.25, 0.3) is 0 Å². The first kappa shape index (κ1) is 14.9. The van der Waals surface area contributed by atoms with E-state index in [0.717, 1.165) is 13.0 Å². The van der Waals surface area contributed by atoms with Crippen LogP contribution in [0.1, 0.15) is 47.0 Å². The highest BCUT2D eigenvalue weighted by molar-refractivity contribution is 4.83. The van der Waals surface area contributed by atoms with Crippen molar-refractivity contribution in [2.24, 2.45) is 0 Å². The van der Waals surface area contributed by atoms with E-state index in [-0.39, 0.29) is 12.1 Å². The molecule has 0 aliphatic carbocycles. The highest BCUT2D eigenvalue weighted by Gasteiger charge is 2.23. The monoisotopic (exact) mass is 217 g/mol. The largest absolute Gasteiger partial charge is 0.394 e. The Kier molecular flexibility index (Phi) is 8.02. The van der Waals surface area contributed by atoms with Crippen molar-refractivity contribution in [3.8, 4) is 0 Å². The number of hydrogen-bond acceptors (Lipinski definition) is 3. The van der Waals surface area contributed by atoms with Crippen LogP contribution in [-0.4, -0.2) is 36.5 Å². The molecule has 2 N–H and O–H groups in total. The number of ether oxygens (including phenoxy) is 1. The molecule has 0 aromatic heterocycles. The van der Waals surface area contributed by atoms with Crippen LogP contribution >= 0.6 is 0 Å². The highest BCUT2D eigenvalue weighted by atomic mass is 16.5. The number of nitrogens with one attached hydrogen (secondary N) is 1. The first-order chi connectivity index (χ1) is 7.04. The van der Waals surface area contributed by atoms with Gasteiger partial charge in [0, 0.05) is 12.6 Å². The molecule has 15 heavy (non-hydrogen) atoms. The van der Waals surface area contributed by atoms with Crippen LogP contribution in [0.3, 0.4) is 0 Å². The van der Waals surface area contributed by atoms with E-state index in [2.05, 4.69) is 26.1 Å². The number of aliphatic hydroxyl groups is 1. The van der Waals surface area contributed by atoms with Gasteiger partial charge >= 0.3 is 0 Å². The summed E-state index contributed by atoms with van der Waals surface area (Å²) in [7, 11) is 0. The molecule has 0 radical (unpaired) electrons. The third kappa shape index (κ3) is 7.77. The van der Waals surface area contributed by atoms with Gasteiger partial charge in [-0.2, -0.15) is 0 Å². The van der Waals surface area contributed by atoms with E-state index in [0.29, 0.717) is 12.6 Å². The molecule has 0 rings (SSSR count). The summed E-state index contributed by atoms with van der Waals surface area (Å²) < 4.78 is 5.57. The third-order valence-corrected chi connectivity index (χ3v) is 2.30. The lowest BCUT2D eigenvalue weighted by molar-refractivity contribution is 0.0388. The fraction of sp³-hybridized carbons (Fsp3) is 1.00. The van der Waals surface area contributed by atoms with Gasteiger partial charge in [-0.15, -0.1) is 0 Å². The van der Waals surface area contributed by atoms with Gasteiger partial charge in [-0.25, -0.2) is 0 Å². The minimum absolute atomic E-state index is 0.110. The molecule has 0 aliphatic rings. The van der Waals surface area contributed by atoms with Gasteiger partial charge < -0.3 is 15.2 Å². The van der Waals surface area contributed by atoms with Gasteiger partial charge in [-0.1, -0.05) is 33.6 Å². The Morgan fingerprint density at radius 2 is 2.00 bits per heavy atom. The maximum atomic E-state index is 9.29. The second-order valence-corrected chi connectivity index (χ2v) is 4.78. The van der Waals surface area contributed by atoms with Crippen molar-refractivity contribution >= 4 is 0 Å². The zero-order chi connectivity index (χ0) is 11.7. The molecule has 92 valence electrons. The minimum Gasteiger partial charge on any atom is -0.394 e. The van der Waals surface area contributed by atoms with Crippen LogP contribution < -0.4 is 5.32 Å². The van der Waals surface area contributed by atoms with Gasteiger partial charge in [-0.3, -0.25) is 0 Å². The molecule has 0 heterocycles. The highest BCUT2D eigenvalue weighted by Crippen LogP contribution is 2.06. The van der Waals surface area contributed by atoms with Crippen molar-refractivity contribution in [3.63, 3.8) is 0 Å². The molecule has 0 spiro atoms. The maximum absolute atomic E-state index is 9.29. The summed E-state index contributed by atoms with van der Waals surface area (Å²) in [6.45, 7) is 9.80. The Balaban J connectivity index is 3.68. The molecule has 0 amide bonds. The molecule has 0 fully saturated rings. The molecule has 3 nitrogen and oxygen atoms in total. The summed E-state index contributed by atoms with van der Waals surface area (Å²) in [5, 5.41) is 12.6. The van der Waals surface area contributed by atoms with Crippen LogP contribution in [0.15, 0.2) is 0 Å². The van der Waals surface area contributed by atoms with Crippen LogP contribution in [0.5, 0.6) is 0 Å². The summed E-state index contributed by atoms with van der Waals surface area (Å²) in [6.07, 6.45) is 3.54. The quantitative estimate of drug-likeness (QED) is 0.580. The molecule has 1 atom stereocenters. The number of hydrogen-bond donors (Lipinski definition) is 2. The predicted molar refractivity (Wildman–Crippen MR) is 64.1 cm³/mol. The van der Waals surface area contributed by atoms with Gasteiger partial charge in [0.2, 0.25) is 0 Å². The van der Waals surface area contributed by atoms with Crippen molar-refractivity contribution in [1.29, 1.82) is 0 Å². The van der Waals surface area contributed by atoms with E-state index in [1.54, 1.807) is 0 Å². The Labute approximate surface area is 94.2 Å². The standard InChI is InChI=1S/C12H27NO2/c1-5-6-7-8-15-10-12(4,9-14)13-11(2)3/h11,13-14H,5-10H2,1-4H3. The Morgan fingerprint density at radius 3 is 2.47 bits per heavy atom. The summed E-state index contributed by atoms with van der Waals surface area (Å²) in [5.74, 6) is 0. The van der Waals surface area contributed by atoms with E-state index in [4.69, 9.17) is 4.74 Å². The second-order valence-electron chi connectivity index (χ2n) is 4.78. The SMILES string of the molecule is CCCCCOCC(C)(CO)NC(C)C. The van der Waals surface area contributed by atoms with Crippen molar-refractivity contribution < 1.29 is 9.84 Å². The van der Waals surface area contributed by atoms with E-state index >= 15 is 0 Å². The van der Waals surface area contributed by atoms with E-state index in [1.165, 1.54) is 12.8 Å². The molecule has 0 bridgehead atoms. The second kappa shape index (κ2) is 8.08. The lowest BCUT2D eigenvalue weighted by Gasteiger charge is -2.30. The number of rotatable bonds is 9. The summed E-state index contributed by atoms with van der Waals surface area (Å²) in [5.41, 5.74) is -0.305. The Bertz CT molecular complexity index is 151. The van der Waals surface area contributed by atoms with Crippen molar-refractivity contribution in [3.05, 3.63) is 0 Å². The van der Waals surface area contributed by atoms with Crippen LogP contribution in [0.25, 0.3) is 0 Å². The van der Waals surface area contributed by atoms with Crippen LogP contribution in [0, 0.1) is 0 Å². The zero-order valence-corrected chi connectivity index (χ0v) is 10.7. The Hall–Kier alpha value is -0.120. The topological polar surface area (TPSA) is 41.5 Å². The molecular formula is C12H27NO2. The number of aliphatic hydroxyl groups excluding tert-OH is 1. The smallest absolute Gasteiger partial charge is 0.0668 e. The van der Waals surface area contributed by atoms with E-state index in [1.807, 2.05) is 6.92 Å². The molecule has 0 aromatic carbocycles. The molecule has 0 saturated carbocycles. The fourth-order valence-corrected chi connectivity index (χ4v) is 1.58. The molecule has 0 aromatic rings. The third-order valence-electron chi connectivity index (χ3n) is 2.30. The fourth-order valence-electron chi connectivity index (χ4n) is 1.58. The normalized spacial score (nSPS) is 15.6. The average molecular weight is 217 g/mol. The van der Waals surface area contributed by atoms with Crippen LogP contribution in [0.2, 0.25) is 0 Å². The Morgan fingerprint density at radius 1 is 1.33 bits per heavy atom. The van der Waals surface area contributed by atoms with E-state index in [9.17, 15) is 5.11 Å². The van der Waals surface area contributed by atoms with Crippen molar-refractivity contribution in [2.75, 3.05) is 19.8 Å². The van der Waals surface area contributed by atoms with Gasteiger partial charge in [-0.05, 0) is 13.3 Å². The van der Waals surface area contributed by atoms with Gasteiger partial charge in [0.05, 0.1) is 18.8 Å². The summed E-state index contributed by atoms with van der Waals surface area (Å²) in [6, 6.07) is 0.362.